The zero-order valence-corrected chi connectivity index (χ0v) is 17.1. The van der Waals surface area contributed by atoms with Gasteiger partial charge >= 0.3 is 0 Å². The molecular formula is C22H29N3O3. The molecule has 0 spiro atoms. The molecule has 1 aliphatic heterocycles. The number of likely N-dealkylation sites (N-methyl/N-ethyl adjacent to an activating group) is 1. The van der Waals surface area contributed by atoms with Crippen LogP contribution in [0.5, 0.6) is 17.2 Å². The van der Waals surface area contributed by atoms with Crippen LogP contribution in [-0.2, 0) is 0 Å². The summed E-state index contributed by atoms with van der Waals surface area (Å²) in [6, 6.07) is 12.2. The average molecular weight is 383 g/mol. The minimum absolute atomic E-state index is 0.578. The van der Waals surface area contributed by atoms with Crippen molar-refractivity contribution in [2.75, 3.05) is 59.0 Å². The van der Waals surface area contributed by atoms with E-state index in [9.17, 15) is 0 Å². The molecule has 1 aliphatic rings. The summed E-state index contributed by atoms with van der Waals surface area (Å²) in [6.45, 7) is 7.73. The van der Waals surface area contributed by atoms with Crippen molar-refractivity contribution in [2.45, 2.75) is 6.92 Å². The van der Waals surface area contributed by atoms with Crippen LogP contribution in [0.25, 0.3) is 0 Å². The molecule has 0 unspecified atom stereocenters. The molecule has 0 amide bonds. The molecule has 0 aromatic heterocycles. The lowest BCUT2D eigenvalue weighted by atomic mass is 10.2. The highest BCUT2D eigenvalue weighted by Crippen LogP contribution is 2.37. The number of methoxy groups -OCH3 is 3. The van der Waals surface area contributed by atoms with Gasteiger partial charge in [-0.25, -0.2) is 0 Å². The minimum Gasteiger partial charge on any atom is -0.493 e. The summed E-state index contributed by atoms with van der Waals surface area (Å²) < 4.78 is 16.1. The fraction of sp³-hybridized carbons (Fsp3) is 0.409. The second-order valence-electron chi connectivity index (χ2n) is 6.65. The maximum atomic E-state index is 5.39. The molecule has 0 atom stereocenters. The number of anilines is 1. The molecular weight excluding hydrogens is 354 g/mol. The van der Waals surface area contributed by atoms with Crippen LogP contribution in [-0.4, -0.2) is 65.2 Å². The lowest BCUT2D eigenvalue weighted by Gasteiger charge is -2.35. The molecule has 1 fully saturated rings. The van der Waals surface area contributed by atoms with Crippen LogP contribution in [0.4, 0.5) is 11.4 Å². The first-order valence-electron chi connectivity index (χ1n) is 9.60. The number of hydrogen-bond donors (Lipinski definition) is 0. The SMILES string of the molecule is CCN1CCN(c2ccc(N=Cc3cc(OC)c(OC)c(OC)c3)cc2)CC1. The number of rotatable bonds is 7. The van der Waals surface area contributed by atoms with Gasteiger partial charge in [0.2, 0.25) is 5.75 Å². The van der Waals surface area contributed by atoms with Crippen molar-refractivity contribution in [2.24, 2.45) is 4.99 Å². The molecule has 28 heavy (non-hydrogen) atoms. The third kappa shape index (κ3) is 4.57. The second-order valence-corrected chi connectivity index (χ2v) is 6.65. The van der Waals surface area contributed by atoms with Crippen molar-refractivity contribution in [1.29, 1.82) is 0 Å². The van der Waals surface area contributed by atoms with Gasteiger partial charge < -0.3 is 24.0 Å². The zero-order chi connectivity index (χ0) is 19.9. The van der Waals surface area contributed by atoms with E-state index < -0.39 is 0 Å². The van der Waals surface area contributed by atoms with E-state index in [1.54, 1.807) is 27.5 Å². The largest absolute Gasteiger partial charge is 0.493 e. The van der Waals surface area contributed by atoms with Gasteiger partial charge in [-0.3, -0.25) is 4.99 Å². The summed E-state index contributed by atoms with van der Waals surface area (Å²) >= 11 is 0. The summed E-state index contributed by atoms with van der Waals surface area (Å²) in [7, 11) is 4.81. The molecule has 6 nitrogen and oxygen atoms in total. The lowest BCUT2D eigenvalue weighted by Crippen LogP contribution is -2.46. The van der Waals surface area contributed by atoms with Crippen LogP contribution >= 0.6 is 0 Å². The van der Waals surface area contributed by atoms with Crippen molar-refractivity contribution in [3.63, 3.8) is 0 Å². The number of benzene rings is 2. The van der Waals surface area contributed by atoms with E-state index in [2.05, 4.69) is 46.0 Å². The standard InChI is InChI=1S/C22H29N3O3/c1-5-24-10-12-25(13-11-24)19-8-6-18(7-9-19)23-16-17-14-20(26-2)22(28-4)21(15-17)27-3/h6-9,14-16H,5,10-13H2,1-4H3. The highest BCUT2D eigenvalue weighted by molar-refractivity contribution is 5.84. The monoisotopic (exact) mass is 383 g/mol. The highest BCUT2D eigenvalue weighted by atomic mass is 16.5. The predicted molar refractivity (Wildman–Crippen MR) is 114 cm³/mol. The van der Waals surface area contributed by atoms with Crippen molar-refractivity contribution in [1.82, 2.24) is 4.90 Å². The van der Waals surface area contributed by atoms with Gasteiger partial charge in [0.05, 0.1) is 27.0 Å². The van der Waals surface area contributed by atoms with Gasteiger partial charge in [0.25, 0.3) is 0 Å². The average Bonchev–Trinajstić information content (AvgIpc) is 2.77. The third-order valence-electron chi connectivity index (χ3n) is 5.08. The zero-order valence-electron chi connectivity index (χ0n) is 17.1. The Morgan fingerprint density at radius 1 is 0.893 bits per heavy atom. The quantitative estimate of drug-likeness (QED) is 0.684. The molecule has 6 heteroatoms. The summed E-state index contributed by atoms with van der Waals surface area (Å²) in [5.41, 5.74) is 3.04. The fourth-order valence-electron chi connectivity index (χ4n) is 3.40. The lowest BCUT2D eigenvalue weighted by molar-refractivity contribution is 0.271. The molecule has 0 saturated carbocycles. The number of nitrogens with zero attached hydrogens (tertiary/aromatic N) is 3. The van der Waals surface area contributed by atoms with E-state index in [1.807, 2.05) is 12.1 Å². The molecule has 0 radical (unpaired) electrons. The summed E-state index contributed by atoms with van der Waals surface area (Å²) in [5, 5.41) is 0. The van der Waals surface area contributed by atoms with E-state index in [0.29, 0.717) is 17.2 Å². The third-order valence-corrected chi connectivity index (χ3v) is 5.08. The molecule has 0 bridgehead atoms. The normalized spacial score (nSPS) is 15.1. The Kier molecular flexibility index (Phi) is 6.76. The Hall–Kier alpha value is -2.73. The molecule has 2 aromatic carbocycles. The molecule has 1 saturated heterocycles. The first-order valence-corrected chi connectivity index (χ1v) is 9.60. The van der Waals surface area contributed by atoms with E-state index in [1.165, 1.54) is 5.69 Å². The Balaban J connectivity index is 1.71. The summed E-state index contributed by atoms with van der Waals surface area (Å²) in [6.07, 6.45) is 1.81. The molecule has 0 aliphatic carbocycles. The minimum atomic E-state index is 0.578. The van der Waals surface area contributed by atoms with Crippen LogP contribution in [0.2, 0.25) is 0 Å². The number of hydrogen-bond acceptors (Lipinski definition) is 6. The van der Waals surface area contributed by atoms with Gasteiger partial charge in [-0.15, -0.1) is 0 Å². The van der Waals surface area contributed by atoms with Crippen LogP contribution in [0.15, 0.2) is 41.4 Å². The number of ether oxygens (including phenoxy) is 3. The topological polar surface area (TPSA) is 46.5 Å². The van der Waals surface area contributed by atoms with Crippen molar-refractivity contribution in [3.8, 4) is 17.2 Å². The Labute approximate surface area is 167 Å². The highest BCUT2D eigenvalue weighted by Gasteiger charge is 2.15. The first kappa shape index (κ1) is 20.0. The summed E-state index contributed by atoms with van der Waals surface area (Å²) in [5.74, 6) is 1.81. The Bertz CT molecular complexity index is 772. The smallest absolute Gasteiger partial charge is 0.203 e. The predicted octanol–water partition coefficient (Wildman–Crippen LogP) is 3.60. The van der Waals surface area contributed by atoms with Crippen LogP contribution in [0.1, 0.15) is 12.5 Å². The van der Waals surface area contributed by atoms with Gasteiger partial charge in [-0.2, -0.15) is 0 Å². The van der Waals surface area contributed by atoms with Gasteiger partial charge in [0.15, 0.2) is 11.5 Å². The summed E-state index contributed by atoms with van der Waals surface area (Å²) in [4.78, 5) is 9.50. The van der Waals surface area contributed by atoms with E-state index in [-0.39, 0.29) is 0 Å². The second kappa shape index (κ2) is 9.46. The van der Waals surface area contributed by atoms with Crippen LogP contribution < -0.4 is 19.1 Å². The fourth-order valence-corrected chi connectivity index (χ4v) is 3.40. The van der Waals surface area contributed by atoms with Gasteiger partial charge in [-0.05, 0) is 42.9 Å². The van der Waals surface area contributed by atoms with E-state index in [0.717, 1.165) is 44.0 Å². The van der Waals surface area contributed by atoms with Crippen molar-refractivity contribution in [3.05, 3.63) is 42.0 Å². The van der Waals surface area contributed by atoms with Crippen LogP contribution in [0, 0.1) is 0 Å². The van der Waals surface area contributed by atoms with Crippen LogP contribution in [0.3, 0.4) is 0 Å². The molecule has 150 valence electrons. The molecule has 1 heterocycles. The molecule has 0 N–H and O–H groups in total. The Morgan fingerprint density at radius 3 is 2.00 bits per heavy atom. The van der Waals surface area contributed by atoms with Gasteiger partial charge in [-0.1, -0.05) is 6.92 Å². The van der Waals surface area contributed by atoms with Gasteiger partial charge in [0, 0.05) is 43.6 Å². The Morgan fingerprint density at radius 2 is 1.50 bits per heavy atom. The maximum Gasteiger partial charge on any atom is 0.203 e. The van der Waals surface area contributed by atoms with Gasteiger partial charge in [0.1, 0.15) is 0 Å². The maximum absolute atomic E-state index is 5.39. The number of piperazine rings is 1. The van der Waals surface area contributed by atoms with E-state index in [4.69, 9.17) is 14.2 Å². The van der Waals surface area contributed by atoms with E-state index >= 15 is 0 Å². The first-order chi connectivity index (χ1) is 13.7. The number of aliphatic imine (C=N–C) groups is 1. The van der Waals surface area contributed by atoms with Crippen molar-refractivity contribution < 1.29 is 14.2 Å². The molecule has 2 aromatic rings. The molecule has 3 rings (SSSR count). The van der Waals surface area contributed by atoms with Crippen molar-refractivity contribution >= 4 is 17.6 Å².